The summed E-state index contributed by atoms with van der Waals surface area (Å²) in [5.41, 5.74) is -0.0883. The van der Waals surface area contributed by atoms with E-state index >= 15 is 0 Å². The number of rotatable bonds is 2. The first-order valence-electron chi connectivity index (χ1n) is 6.79. The molecule has 1 aliphatic rings. The Hall–Kier alpha value is -2.21. The average molecular weight is 290 g/mol. The van der Waals surface area contributed by atoms with Crippen LogP contribution in [0.3, 0.4) is 0 Å². The second kappa shape index (κ2) is 4.96. The van der Waals surface area contributed by atoms with E-state index < -0.39 is 17.3 Å². The van der Waals surface area contributed by atoms with Crippen LogP contribution in [0, 0.1) is 12.7 Å². The summed E-state index contributed by atoms with van der Waals surface area (Å²) in [7, 11) is 0. The minimum absolute atomic E-state index is 0.00370. The van der Waals surface area contributed by atoms with E-state index in [4.69, 9.17) is 0 Å². The van der Waals surface area contributed by atoms with Crippen LogP contribution in [-0.4, -0.2) is 28.7 Å². The fraction of sp³-hybridized carbons (Fsp3) is 0.333. The molecule has 2 aromatic rings. The van der Waals surface area contributed by atoms with Gasteiger partial charge in [0.1, 0.15) is 5.82 Å². The van der Waals surface area contributed by atoms with Gasteiger partial charge >= 0.3 is 5.97 Å². The van der Waals surface area contributed by atoms with Crippen LogP contribution in [0.1, 0.15) is 28.5 Å². The molecule has 1 aliphatic heterocycles. The third-order valence-corrected chi connectivity index (χ3v) is 4.05. The average Bonchev–Trinajstić information content (AvgIpc) is 2.92. The van der Waals surface area contributed by atoms with Gasteiger partial charge in [-0.3, -0.25) is 4.79 Å². The van der Waals surface area contributed by atoms with Gasteiger partial charge < -0.3 is 15.0 Å². The molecule has 0 spiro atoms. The van der Waals surface area contributed by atoms with Crippen molar-refractivity contribution in [1.82, 2.24) is 9.88 Å². The predicted octanol–water partition coefficient (Wildman–Crippen LogP) is 1.68. The number of pyridine rings is 1. The zero-order chi connectivity index (χ0) is 15.1. The lowest BCUT2D eigenvalue weighted by Gasteiger charge is -2.20. The van der Waals surface area contributed by atoms with Crippen LogP contribution in [0.25, 0.3) is 10.8 Å². The number of nitrogens with zero attached hydrogens (tertiary/aromatic N) is 1. The lowest BCUT2D eigenvalue weighted by molar-refractivity contribution is 0.0697. The summed E-state index contributed by atoms with van der Waals surface area (Å²) in [6.45, 7) is 2.95. The minimum atomic E-state index is -1.15. The van der Waals surface area contributed by atoms with Gasteiger partial charge in [0.25, 0.3) is 5.56 Å². The Balaban J connectivity index is 2.46. The van der Waals surface area contributed by atoms with Crippen LogP contribution in [0.5, 0.6) is 0 Å². The summed E-state index contributed by atoms with van der Waals surface area (Å²) >= 11 is 0. The first-order chi connectivity index (χ1) is 10.0. The highest BCUT2D eigenvalue weighted by Gasteiger charge is 2.26. The highest BCUT2D eigenvalue weighted by Crippen LogP contribution is 2.25. The van der Waals surface area contributed by atoms with Crippen molar-refractivity contribution in [3.8, 4) is 0 Å². The molecule has 1 unspecified atom stereocenters. The number of carboxylic acid groups (broad SMARTS) is 1. The molecular weight excluding hydrogens is 275 g/mol. The van der Waals surface area contributed by atoms with Crippen LogP contribution in [-0.2, 0) is 0 Å². The number of halogens is 1. The van der Waals surface area contributed by atoms with Crippen molar-refractivity contribution in [3.63, 3.8) is 0 Å². The maximum atomic E-state index is 14.1. The van der Waals surface area contributed by atoms with Crippen molar-refractivity contribution in [2.24, 2.45) is 0 Å². The smallest absolute Gasteiger partial charge is 0.338 e. The molecule has 1 aromatic heterocycles. The number of fused-ring (bicyclic) bond motifs is 1. The van der Waals surface area contributed by atoms with E-state index in [2.05, 4.69) is 5.32 Å². The Morgan fingerprint density at radius 3 is 2.86 bits per heavy atom. The van der Waals surface area contributed by atoms with E-state index in [9.17, 15) is 19.1 Å². The zero-order valence-electron chi connectivity index (χ0n) is 11.5. The Morgan fingerprint density at radius 2 is 2.24 bits per heavy atom. The fourth-order valence-electron chi connectivity index (χ4n) is 3.11. The molecule has 21 heavy (non-hydrogen) atoms. The van der Waals surface area contributed by atoms with Crippen molar-refractivity contribution in [2.75, 3.05) is 13.1 Å². The predicted molar refractivity (Wildman–Crippen MR) is 76.4 cm³/mol. The second-order valence-corrected chi connectivity index (χ2v) is 5.25. The number of nitrogens with one attached hydrogen (secondary N) is 1. The van der Waals surface area contributed by atoms with E-state index in [1.807, 2.05) is 0 Å². The summed E-state index contributed by atoms with van der Waals surface area (Å²) < 4.78 is 15.5. The normalized spacial score (nSPS) is 18.3. The summed E-state index contributed by atoms with van der Waals surface area (Å²) in [5.74, 6) is -1.83. The number of carboxylic acids is 1. The monoisotopic (exact) mass is 290 g/mol. The topological polar surface area (TPSA) is 71.3 Å². The van der Waals surface area contributed by atoms with Crippen LogP contribution >= 0.6 is 0 Å². The summed E-state index contributed by atoms with van der Waals surface area (Å²) in [5, 5.41) is 12.6. The van der Waals surface area contributed by atoms with E-state index in [0.717, 1.165) is 13.0 Å². The van der Waals surface area contributed by atoms with Gasteiger partial charge in [-0.2, -0.15) is 0 Å². The lowest BCUT2D eigenvalue weighted by Crippen LogP contribution is -2.31. The quantitative estimate of drug-likeness (QED) is 0.883. The van der Waals surface area contributed by atoms with Gasteiger partial charge in [-0.25, -0.2) is 9.18 Å². The van der Waals surface area contributed by atoms with Crippen molar-refractivity contribution in [3.05, 3.63) is 45.6 Å². The van der Waals surface area contributed by atoms with Gasteiger partial charge in [0, 0.05) is 17.6 Å². The number of hydrogen-bond acceptors (Lipinski definition) is 3. The van der Waals surface area contributed by atoms with Crippen LogP contribution in [0.15, 0.2) is 23.0 Å². The Labute approximate surface area is 120 Å². The summed E-state index contributed by atoms with van der Waals surface area (Å²) in [6, 6.07) is 3.94. The Kier molecular flexibility index (Phi) is 3.25. The lowest BCUT2D eigenvalue weighted by atomic mass is 10.0. The summed E-state index contributed by atoms with van der Waals surface area (Å²) in [6.07, 6.45) is 0.722. The maximum absolute atomic E-state index is 14.1. The molecular formula is C15H15FN2O3. The third kappa shape index (κ3) is 2.03. The number of benzene rings is 1. The van der Waals surface area contributed by atoms with Gasteiger partial charge in [-0.05, 0) is 26.0 Å². The largest absolute Gasteiger partial charge is 0.478 e. The molecule has 110 valence electrons. The molecule has 1 aromatic carbocycles. The van der Waals surface area contributed by atoms with Crippen LogP contribution in [0.4, 0.5) is 4.39 Å². The van der Waals surface area contributed by atoms with Gasteiger partial charge in [-0.15, -0.1) is 0 Å². The van der Waals surface area contributed by atoms with Crippen molar-refractivity contribution < 1.29 is 14.3 Å². The SMILES string of the molecule is Cc1c(C(=O)O)c2cccc(F)c2c(=O)n1C1CCNC1. The molecule has 0 saturated carbocycles. The molecule has 0 bridgehead atoms. The highest BCUT2D eigenvalue weighted by atomic mass is 19.1. The number of aromatic carboxylic acids is 1. The standard InChI is InChI=1S/C15H15FN2O3/c1-8-12(15(20)21)10-3-2-4-11(16)13(10)14(19)18(8)9-5-6-17-7-9/h2-4,9,17H,5-7H2,1H3,(H,20,21). The van der Waals surface area contributed by atoms with E-state index in [-0.39, 0.29) is 22.4 Å². The van der Waals surface area contributed by atoms with E-state index in [1.165, 1.54) is 22.8 Å². The molecule has 1 saturated heterocycles. The van der Waals surface area contributed by atoms with Crippen molar-refractivity contribution in [2.45, 2.75) is 19.4 Å². The molecule has 5 nitrogen and oxygen atoms in total. The van der Waals surface area contributed by atoms with E-state index in [1.54, 1.807) is 6.92 Å². The Morgan fingerprint density at radius 1 is 1.48 bits per heavy atom. The molecule has 6 heteroatoms. The number of hydrogen-bond donors (Lipinski definition) is 2. The molecule has 0 aliphatic carbocycles. The van der Waals surface area contributed by atoms with Crippen molar-refractivity contribution >= 4 is 16.7 Å². The van der Waals surface area contributed by atoms with Gasteiger partial charge in [0.15, 0.2) is 0 Å². The van der Waals surface area contributed by atoms with Gasteiger partial charge in [0.2, 0.25) is 0 Å². The van der Waals surface area contributed by atoms with E-state index in [0.29, 0.717) is 12.2 Å². The first kappa shape index (κ1) is 13.8. The molecule has 2 heterocycles. The molecule has 0 radical (unpaired) electrons. The summed E-state index contributed by atoms with van der Waals surface area (Å²) in [4.78, 5) is 24.2. The molecule has 0 amide bonds. The molecule has 3 rings (SSSR count). The third-order valence-electron chi connectivity index (χ3n) is 4.05. The maximum Gasteiger partial charge on any atom is 0.338 e. The highest BCUT2D eigenvalue weighted by molar-refractivity contribution is 6.04. The molecule has 1 atom stereocenters. The van der Waals surface area contributed by atoms with Gasteiger partial charge in [0.05, 0.1) is 17.0 Å². The molecule has 2 N–H and O–H groups in total. The van der Waals surface area contributed by atoms with Crippen LogP contribution in [0.2, 0.25) is 0 Å². The number of aromatic nitrogens is 1. The van der Waals surface area contributed by atoms with Crippen molar-refractivity contribution in [1.29, 1.82) is 0 Å². The molecule has 1 fully saturated rings. The van der Waals surface area contributed by atoms with Gasteiger partial charge in [-0.1, -0.05) is 12.1 Å². The number of carbonyl (C=O) groups is 1. The zero-order valence-corrected chi connectivity index (χ0v) is 11.5. The fourth-order valence-corrected chi connectivity index (χ4v) is 3.11. The van der Waals surface area contributed by atoms with Crippen LogP contribution < -0.4 is 10.9 Å². The first-order valence-corrected chi connectivity index (χ1v) is 6.79. The minimum Gasteiger partial charge on any atom is -0.478 e. The Bertz CT molecular complexity index is 792. The second-order valence-electron chi connectivity index (χ2n) is 5.25.